The standard InChI is InChI=1S/C12H14FN3O/c1-2-5-15-8-12(17)16-11-4-3-9(7-14)6-10(11)13/h3-4,6,15H,2,5,8H2,1H3,(H,16,17). The molecule has 0 heterocycles. The van der Waals surface area contributed by atoms with E-state index in [-0.39, 0.29) is 23.7 Å². The van der Waals surface area contributed by atoms with Crippen LogP contribution in [0.25, 0.3) is 0 Å². The number of nitrogens with one attached hydrogen (secondary N) is 2. The molecule has 0 aliphatic heterocycles. The largest absolute Gasteiger partial charge is 0.322 e. The Hall–Kier alpha value is -1.93. The van der Waals surface area contributed by atoms with Gasteiger partial charge in [0, 0.05) is 0 Å². The van der Waals surface area contributed by atoms with Crippen molar-refractivity contribution in [2.75, 3.05) is 18.4 Å². The van der Waals surface area contributed by atoms with Crippen molar-refractivity contribution in [1.82, 2.24) is 5.32 Å². The minimum Gasteiger partial charge on any atom is -0.322 e. The van der Waals surface area contributed by atoms with Crippen LogP contribution >= 0.6 is 0 Å². The van der Waals surface area contributed by atoms with Crippen molar-refractivity contribution in [3.63, 3.8) is 0 Å². The van der Waals surface area contributed by atoms with Crippen LogP contribution in [0.2, 0.25) is 0 Å². The first-order valence-electron chi connectivity index (χ1n) is 5.37. The van der Waals surface area contributed by atoms with Gasteiger partial charge in [-0.05, 0) is 31.2 Å². The van der Waals surface area contributed by atoms with Gasteiger partial charge in [0.15, 0.2) is 0 Å². The van der Waals surface area contributed by atoms with Gasteiger partial charge in [0.2, 0.25) is 5.91 Å². The molecule has 0 unspecified atom stereocenters. The second-order valence-corrected chi connectivity index (χ2v) is 3.53. The van der Waals surface area contributed by atoms with E-state index in [1.165, 1.54) is 12.1 Å². The number of rotatable bonds is 5. The Labute approximate surface area is 99.4 Å². The maximum Gasteiger partial charge on any atom is 0.238 e. The number of nitriles is 1. The number of benzene rings is 1. The highest BCUT2D eigenvalue weighted by molar-refractivity contribution is 5.92. The fourth-order valence-electron chi connectivity index (χ4n) is 1.26. The number of hydrogen-bond donors (Lipinski definition) is 2. The number of amides is 1. The Bertz CT molecular complexity index is 440. The number of halogens is 1. The van der Waals surface area contributed by atoms with Gasteiger partial charge in [-0.25, -0.2) is 4.39 Å². The third kappa shape index (κ3) is 4.21. The zero-order valence-electron chi connectivity index (χ0n) is 9.59. The first-order valence-corrected chi connectivity index (χ1v) is 5.37. The van der Waals surface area contributed by atoms with Crippen LogP contribution in [-0.2, 0) is 4.79 Å². The molecule has 0 spiro atoms. The van der Waals surface area contributed by atoms with E-state index in [2.05, 4.69) is 10.6 Å². The summed E-state index contributed by atoms with van der Waals surface area (Å²) in [5.41, 5.74) is 0.317. The normalized spacial score (nSPS) is 9.71. The molecule has 0 radical (unpaired) electrons. The third-order valence-corrected chi connectivity index (χ3v) is 2.08. The van der Waals surface area contributed by atoms with Crippen LogP contribution in [-0.4, -0.2) is 19.0 Å². The Morgan fingerprint density at radius 1 is 1.53 bits per heavy atom. The van der Waals surface area contributed by atoms with Crippen LogP contribution in [0.4, 0.5) is 10.1 Å². The van der Waals surface area contributed by atoms with E-state index < -0.39 is 5.82 Å². The smallest absolute Gasteiger partial charge is 0.238 e. The van der Waals surface area contributed by atoms with Gasteiger partial charge in [-0.1, -0.05) is 6.92 Å². The van der Waals surface area contributed by atoms with Gasteiger partial charge in [0.25, 0.3) is 0 Å². The van der Waals surface area contributed by atoms with Crippen molar-refractivity contribution in [3.8, 4) is 6.07 Å². The molecule has 0 saturated heterocycles. The van der Waals surface area contributed by atoms with Crippen LogP contribution in [0.15, 0.2) is 18.2 Å². The molecule has 0 aromatic heterocycles. The van der Waals surface area contributed by atoms with Crippen molar-refractivity contribution in [3.05, 3.63) is 29.6 Å². The molecule has 0 fully saturated rings. The molecule has 90 valence electrons. The number of carbonyl (C=O) groups excluding carboxylic acids is 1. The maximum absolute atomic E-state index is 13.4. The minimum atomic E-state index is -0.604. The molecule has 0 aliphatic rings. The lowest BCUT2D eigenvalue weighted by Gasteiger charge is -2.07. The summed E-state index contributed by atoms with van der Waals surface area (Å²) in [4.78, 5) is 11.4. The molecule has 1 amide bonds. The van der Waals surface area contributed by atoms with Gasteiger partial charge in [0.05, 0.1) is 23.9 Å². The zero-order valence-corrected chi connectivity index (χ0v) is 9.59. The van der Waals surface area contributed by atoms with Crippen molar-refractivity contribution in [2.45, 2.75) is 13.3 Å². The van der Waals surface area contributed by atoms with E-state index in [0.717, 1.165) is 19.0 Å². The Kier molecular flexibility index (Phi) is 5.11. The summed E-state index contributed by atoms with van der Waals surface area (Å²) >= 11 is 0. The van der Waals surface area contributed by atoms with Crippen molar-refractivity contribution in [1.29, 1.82) is 5.26 Å². The molecule has 1 aromatic rings. The zero-order chi connectivity index (χ0) is 12.7. The number of anilines is 1. The predicted octanol–water partition coefficient (Wildman–Crippen LogP) is 1.64. The highest BCUT2D eigenvalue weighted by Gasteiger charge is 2.07. The second kappa shape index (κ2) is 6.61. The number of hydrogen-bond acceptors (Lipinski definition) is 3. The van der Waals surface area contributed by atoms with Gasteiger partial charge < -0.3 is 10.6 Å². The molecule has 1 rings (SSSR count). The highest BCUT2D eigenvalue weighted by atomic mass is 19.1. The molecule has 0 bridgehead atoms. The second-order valence-electron chi connectivity index (χ2n) is 3.53. The van der Waals surface area contributed by atoms with E-state index in [0.29, 0.717) is 0 Å². The fraction of sp³-hybridized carbons (Fsp3) is 0.333. The van der Waals surface area contributed by atoms with Crippen LogP contribution in [0, 0.1) is 17.1 Å². The van der Waals surface area contributed by atoms with Crippen molar-refractivity contribution >= 4 is 11.6 Å². The molecule has 17 heavy (non-hydrogen) atoms. The highest BCUT2D eigenvalue weighted by Crippen LogP contribution is 2.14. The lowest BCUT2D eigenvalue weighted by molar-refractivity contribution is -0.115. The van der Waals surface area contributed by atoms with Gasteiger partial charge in [-0.2, -0.15) is 5.26 Å². The van der Waals surface area contributed by atoms with E-state index in [1.807, 2.05) is 13.0 Å². The molecule has 0 aliphatic carbocycles. The third-order valence-electron chi connectivity index (χ3n) is 2.08. The van der Waals surface area contributed by atoms with Crippen LogP contribution in [0.5, 0.6) is 0 Å². The lowest BCUT2D eigenvalue weighted by atomic mass is 10.2. The average molecular weight is 235 g/mol. The molecular formula is C12H14FN3O. The molecule has 0 saturated carbocycles. The van der Waals surface area contributed by atoms with E-state index in [1.54, 1.807) is 0 Å². The topological polar surface area (TPSA) is 64.9 Å². The van der Waals surface area contributed by atoms with Crippen LogP contribution < -0.4 is 10.6 Å². The fourth-order valence-corrected chi connectivity index (χ4v) is 1.26. The van der Waals surface area contributed by atoms with E-state index >= 15 is 0 Å². The molecule has 1 aromatic carbocycles. The van der Waals surface area contributed by atoms with Gasteiger partial charge >= 0.3 is 0 Å². The summed E-state index contributed by atoms with van der Waals surface area (Å²) in [5.74, 6) is -0.907. The maximum atomic E-state index is 13.4. The summed E-state index contributed by atoms with van der Waals surface area (Å²) in [7, 11) is 0. The first kappa shape index (κ1) is 13.1. The molecule has 0 atom stereocenters. The average Bonchev–Trinajstić information content (AvgIpc) is 2.32. The number of nitrogens with zero attached hydrogens (tertiary/aromatic N) is 1. The van der Waals surface area contributed by atoms with Gasteiger partial charge in [0.1, 0.15) is 5.82 Å². The Morgan fingerprint density at radius 3 is 2.88 bits per heavy atom. The SMILES string of the molecule is CCCNCC(=O)Nc1ccc(C#N)cc1F. The molecule has 2 N–H and O–H groups in total. The van der Waals surface area contributed by atoms with Crippen molar-refractivity contribution in [2.24, 2.45) is 0 Å². The molecular weight excluding hydrogens is 221 g/mol. The van der Waals surface area contributed by atoms with E-state index in [9.17, 15) is 9.18 Å². The number of carbonyl (C=O) groups is 1. The van der Waals surface area contributed by atoms with Crippen molar-refractivity contribution < 1.29 is 9.18 Å². The Balaban J connectivity index is 2.57. The van der Waals surface area contributed by atoms with Gasteiger partial charge in [-0.15, -0.1) is 0 Å². The van der Waals surface area contributed by atoms with E-state index in [4.69, 9.17) is 5.26 Å². The van der Waals surface area contributed by atoms with Crippen LogP contribution in [0.3, 0.4) is 0 Å². The van der Waals surface area contributed by atoms with Crippen LogP contribution in [0.1, 0.15) is 18.9 Å². The summed E-state index contributed by atoms with van der Waals surface area (Å²) < 4.78 is 13.4. The summed E-state index contributed by atoms with van der Waals surface area (Å²) in [5, 5.41) is 13.9. The summed E-state index contributed by atoms with van der Waals surface area (Å²) in [6, 6.07) is 5.75. The summed E-state index contributed by atoms with van der Waals surface area (Å²) in [6.45, 7) is 2.88. The quantitative estimate of drug-likeness (QED) is 0.762. The Morgan fingerprint density at radius 2 is 2.29 bits per heavy atom. The minimum absolute atomic E-state index is 0.0901. The lowest BCUT2D eigenvalue weighted by Crippen LogP contribution is -2.28. The first-order chi connectivity index (χ1) is 8.17. The molecule has 4 nitrogen and oxygen atoms in total. The summed E-state index contributed by atoms with van der Waals surface area (Å²) in [6.07, 6.45) is 0.929. The predicted molar refractivity (Wildman–Crippen MR) is 62.9 cm³/mol. The molecule has 5 heteroatoms. The monoisotopic (exact) mass is 235 g/mol. The van der Waals surface area contributed by atoms with Gasteiger partial charge in [-0.3, -0.25) is 4.79 Å².